The highest BCUT2D eigenvalue weighted by atomic mass is 35.5. The standard InChI is InChI=1S/C24H13ClF6N2O/c25-19-7-3-1-5-14(19)9-10-21-32-20-8-4-2-6-18(20)22(34)33(21)17-12-15(23(26,27)28)11-16(13-17)24(29,30)31/h1-13H/b10-9+. The SMILES string of the molecule is O=c1c2ccccc2nc(/C=C/c2ccccc2Cl)n1-c1cc(C(F)(F)F)cc(C(F)(F)F)c1. The van der Waals surface area contributed by atoms with Crippen LogP contribution in [0.25, 0.3) is 28.7 Å². The lowest BCUT2D eigenvalue weighted by Gasteiger charge is -2.17. The first-order chi connectivity index (χ1) is 15.9. The fourth-order valence-electron chi connectivity index (χ4n) is 3.35. The molecule has 0 aliphatic rings. The number of hydrogen-bond donors (Lipinski definition) is 0. The number of nitrogens with zero attached hydrogens (tertiary/aromatic N) is 2. The first-order valence-corrected chi connectivity index (χ1v) is 10.1. The molecule has 0 spiro atoms. The second-order valence-corrected chi connectivity index (χ2v) is 7.65. The van der Waals surface area contributed by atoms with Crippen LogP contribution >= 0.6 is 11.6 Å². The Labute approximate surface area is 193 Å². The van der Waals surface area contributed by atoms with Gasteiger partial charge in [-0.15, -0.1) is 0 Å². The Balaban J connectivity index is 2.04. The monoisotopic (exact) mass is 494 g/mol. The zero-order valence-electron chi connectivity index (χ0n) is 17.0. The first kappa shape index (κ1) is 23.6. The van der Waals surface area contributed by atoms with E-state index in [1.54, 1.807) is 30.3 Å². The number of rotatable bonds is 3. The number of hydrogen-bond acceptors (Lipinski definition) is 2. The molecule has 0 amide bonds. The highest BCUT2D eigenvalue weighted by Gasteiger charge is 2.37. The molecule has 1 aromatic heterocycles. The third kappa shape index (κ3) is 4.70. The molecule has 0 aliphatic heterocycles. The molecule has 34 heavy (non-hydrogen) atoms. The van der Waals surface area contributed by atoms with Crippen molar-refractivity contribution >= 4 is 34.7 Å². The predicted octanol–water partition coefficient (Wildman–Crippen LogP) is 7.25. The second kappa shape index (κ2) is 8.64. The maximum Gasteiger partial charge on any atom is 0.416 e. The Bertz CT molecular complexity index is 1440. The van der Waals surface area contributed by atoms with Crippen molar-refractivity contribution in [2.75, 3.05) is 0 Å². The van der Waals surface area contributed by atoms with Crippen LogP contribution in [-0.4, -0.2) is 9.55 Å². The van der Waals surface area contributed by atoms with Crippen LogP contribution < -0.4 is 5.56 Å². The second-order valence-electron chi connectivity index (χ2n) is 7.25. The van der Waals surface area contributed by atoms with E-state index in [4.69, 9.17) is 11.6 Å². The molecule has 4 aromatic rings. The molecule has 4 rings (SSSR count). The predicted molar refractivity (Wildman–Crippen MR) is 118 cm³/mol. The third-order valence-corrected chi connectivity index (χ3v) is 5.29. The summed E-state index contributed by atoms with van der Waals surface area (Å²) in [5.74, 6) is -0.170. The average Bonchev–Trinajstić information content (AvgIpc) is 2.77. The van der Waals surface area contributed by atoms with Gasteiger partial charge in [-0.25, -0.2) is 4.98 Å². The van der Waals surface area contributed by atoms with Crippen LogP contribution in [0.5, 0.6) is 0 Å². The molecule has 1 heterocycles. The summed E-state index contributed by atoms with van der Waals surface area (Å²) in [6.45, 7) is 0. The summed E-state index contributed by atoms with van der Waals surface area (Å²) < 4.78 is 81.2. The van der Waals surface area contributed by atoms with Crippen molar-refractivity contribution in [1.82, 2.24) is 9.55 Å². The minimum atomic E-state index is -5.07. The van der Waals surface area contributed by atoms with Gasteiger partial charge in [0.2, 0.25) is 0 Å². The van der Waals surface area contributed by atoms with Gasteiger partial charge in [0.05, 0.1) is 27.7 Å². The third-order valence-electron chi connectivity index (χ3n) is 4.95. The molecule has 0 fully saturated rings. The fourth-order valence-corrected chi connectivity index (χ4v) is 3.55. The Hall–Kier alpha value is -3.59. The van der Waals surface area contributed by atoms with Crippen LogP contribution in [-0.2, 0) is 12.4 Å². The van der Waals surface area contributed by atoms with E-state index >= 15 is 0 Å². The maximum atomic E-state index is 13.4. The van der Waals surface area contributed by atoms with Crippen LogP contribution in [0, 0.1) is 0 Å². The number of para-hydroxylation sites is 1. The van der Waals surface area contributed by atoms with Gasteiger partial charge in [0.25, 0.3) is 5.56 Å². The Morgan fingerprint density at radius 3 is 2.00 bits per heavy atom. The van der Waals surface area contributed by atoms with Crippen LogP contribution in [0.15, 0.2) is 71.5 Å². The Morgan fingerprint density at radius 1 is 0.794 bits per heavy atom. The summed E-state index contributed by atoms with van der Waals surface area (Å²) in [5, 5.41) is 0.384. The van der Waals surface area contributed by atoms with E-state index < -0.39 is 34.7 Å². The van der Waals surface area contributed by atoms with Gasteiger partial charge in [0.15, 0.2) is 0 Å². The van der Waals surface area contributed by atoms with Crippen molar-refractivity contribution in [2.45, 2.75) is 12.4 Å². The molecule has 10 heteroatoms. The molecular weight excluding hydrogens is 482 g/mol. The molecule has 174 valence electrons. The quantitative estimate of drug-likeness (QED) is 0.281. The van der Waals surface area contributed by atoms with Gasteiger partial charge < -0.3 is 0 Å². The highest BCUT2D eigenvalue weighted by Crippen LogP contribution is 2.37. The van der Waals surface area contributed by atoms with Crippen LogP contribution in [0.4, 0.5) is 26.3 Å². The smallest absolute Gasteiger partial charge is 0.268 e. The number of fused-ring (bicyclic) bond motifs is 1. The fraction of sp³-hybridized carbons (Fsp3) is 0.0833. The van der Waals surface area contributed by atoms with Crippen molar-refractivity contribution < 1.29 is 26.3 Å². The molecule has 0 radical (unpaired) electrons. The molecule has 0 atom stereocenters. The number of halogens is 7. The van der Waals surface area contributed by atoms with E-state index in [1.165, 1.54) is 30.4 Å². The van der Waals surface area contributed by atoms with Crippen molar-refractivity contribution in [3.05, 3.63) is 105 Å². The zero-order valence-corrected chi connectivity index (χ0v) is 17.7. The number of alkyl halides is 6. The van der Waals surface area contributed by atoms with E-state index in [2.05, 4.69) is 4.98 Å². The first-order valence-electron chi connectivity index (χ1n) is 9.69. The summed E-state index contributed by atoms with van der Waals surface area (Å²) in [6.07, 6.45) is -7.37. The maximum absolute atomic E-state index is 13.4. The lowest BCUT2D eigenvalue weighted by Crippen LogP contribution is -2.23. The average molecular weight is 495 g/mol. The molecule has 3 aromatic carbocycles. The van der Waals surface area contributed by atoms with Gasteiger partial charge in [0.1, 0.15) is 5.82 Å². The van der Waals surface area contributed by atoms with Crippen molar-refractivity contribution in [3.63, 3.8) is 0 Å². The molecule has 0 unspecified atom stereocenters. The molecule has 0 saturated carbocycles. The summed E-state index contributed by atoms with van der Waals surface area (Å²) >= 11 is 6.13. The summed E-state index contributed by atoms with van der Waals surface area (Å²) in [4.78, 5) is 17.6. The summed E-state index contributed by atoms with van der Waals surface area (Å²) in [5.41, 5.74) is -3.79. The van der Waals surface area contributed by atoms with Crippen molar-refractivity contribution in [3.8, 4) is 5.69 Å². The topological polar surface area (TPSA) is 34.9 Å². The molecular formula is C24H13ClF6N2O. The minimum Gasteiger partial charge on any atom is -0.268 e. The lowest BCUT2D eigenvalue weighted by atomic mass is 10.1. The highest BCUT2D eigenvalue weighted by molar-refractivity contribution is 6.32. The summed E-state index contributed by atoms with van der Waals surface area (Å²) in [6, 6.07) is 13.6. The zero-order chi connectivity index (χ0) is 24.7. The molecule has 0 aliphatic carbocycles. The van der Waals surface area contributed by atoms with Crippen LogP contribution in [0.3, 0.4) is 0 Å². The summed E-state index contributed by atoms with van der Waals surface area (Å²) in [7, 11) is 0. The van der Waals surface area contributed by atoms with Gasteiger partial charge >= 0.3 is 12.4 Å². The van der Waals surface area contributed by atoms with E-state index in [1.807, 2.05) is 0 Å². The van der Waals surface area contributed by atoms with E-state index in [0.717, 1.165) is 4.57 Å². The Kier molecular flexibility index (Phi) is 5.99. The van der Waals surface area contributed by atoms with Crippen molar-refractivity contribution in [2.24, 2.45) is 0 Å². The van der Waals surface area contributed by atoms with Gasteiger partial charge in [-0.1, -0.05) is 41.9 Å². The van der Waals surface area contributed by atoms with Gasteiger partial charge in [0, 0.05) is 5.02 Å². The van der Waals surface area contributed by atoms with Crippen LogP contribution in [0.1, 0.15) is 22.5 Å². The van der Waals surface area contributed by atoms with Gasteiger partial charge in [-0.05, 0) is 54.1 Å². The molecule has 3 nitrogen and oxygen atoms in total. The normalized spacial score (nSPS) is 12.6. The largest absolute Gasteiger partial charge is 0.416 e. The lowest BCUT2D eigenvalue weighted by molar-refractivity contribution is -0.143. The van der Waals surface area contributed by atoms with Crippen molar-refractivity contribution in [1.29, 1.82) is 0 Å². The van der Waals surface area contributed by atoms with E-state index in [0.29, 0.717) is 22.7 Å². The molecule has 0 saturated heterocycles. The van der Waals surface area contributed by atoms with E-state index in [-0.39, 0.29) is 22.8 Å². The molecule has 0 N–H and O–H groups in total. The number of benzene rings is 3. The molecule has 0 bridgehead atoms. The van der Waals surface area contributed by atoms with Crippen LogP contribution in [0.2, 0.25) is 5.02 Å². The number of aromatic nitrogens is 2. The van der Waals surface area contributed by atoms with Gasteiger partial charge in [-0.3, -0.25) is 9.36 Å². The minimum absolute atomic E-state index is 0.00225. The Morgan fingerprint density at radius 2 is 1.38 bits per heavy atom. The van der Waals surface area contributed by atoms with E-state index in [9.17, 15) is 31.1 Å². The van der Waals surface area contributed by atoms with Gasteiger partial charge in [-0.2, -0.15) is 26.3 Å².